The summed E-state index contributed by atoms with van der Waals surface area (Å²) in [6, 6.07) is 19.5. The molecule has 0 amide bonds. The molecular formula is C20H20O. The first kappa shape index (κ1) is 15.0. The van der Waals surface area contributed by atoms with Crippen molar-refractivity contribution in [1.82, 2.24) is 0 Å². The molecule has 0 aliphatic heterocycles. The lowest BCUT2D eigenvalue weighted by Crippen LogP contribution is -2.00. The molecule has 2 rings (SSSR count). The van der Waals surface area contributed by atoms with Gasteiger partial charge >= 0.3 is 0 Å². The molecule has 0 saturated heterocycles. The topological polar surface area (TPSA) is 17.1 Å². The molecule has 0 aliphatic carbocycles. The lowest BCUT2D eigenvalue weighted by atomic mass is 9.98. The summed E-state index contributed by atoms with van der Waals surface area (Å²) in [6.45, 7) is 2.13. The van der Waals surface area contributed by atoms with Crippen LogP contribution in [0.25, 0.3) is 5.57 Å². The first-order valence-corrected chi connectivity index (χ1v) is 7.39. The van der Waals surface area contributed by atoms with E-state index >= 15 is 0 Å². The molecule has 0 N–H and O–H groups in total. The van der Waals surface area contributed by atoms with Crippen LogP contribution in [0, 0.1) is 0 Å². The van der Waals surface area contributed by atoms with Crippen LogP contribution in [0.15, 0.2) is 72.5 Å². The normalized spacial score (nSPS) is 9.76. The fraction of sp³-hybridized carbons (Fsp3) is 0.200. The monoisotopic (exact) mass is 276 g/mol. The summed E-state index contributed by atoms with van der Waals surface area (Å²) in [6.07, 6.45) is 4.48. The van der Waals surface area contributed by atoms with Crippen LogP contribution in [0.3, 0.4) is 0 Å². The minimum absolute atomic E-state index is 0.131. The zero-order valence-electron chi connectivity index (χ0n) is 12.4. The van der Waals surface area contributed by atoms with Gasteiger partial charge in [-0.05, 0) is 18.1 Å². The molecule has 0 aliphatic rings. The highest BCUT2D eigenvalue weighted by molar-refractivity contribution is 6.02. The summed E-state index contributed by atoms with van der Waals surface area (Å²) in [5, 5.41) is 0. The Bertz CT molecular complexity index is 632. The number of rotatable bonds is 6. The third-order valence-electron chi connectivity index (χ3n) is 3.26. The summed E-state index contributed by atoms with van der Waals surface area (Å²) in [5.41, 5.74) is 6.08. The predicted molar refractivity (Wildman–Crippen MR) is 88.2 cm³/mol. The lowest BCUT2D eigenvalue weighted by molar-refractivity contribution is 0.0998. The predicted octanol–water partition coefficient (Wildman–Crippen LogP) is 5.30. The molecular weight excluding hydrogens is 256 g/mol. The van der Waals surface area contributed by atoms with Crippen molar-refractivity contribution in [3.05, 3.63) is 83.6 Å². The Morgan fingerprint density at radius 2 is 1.52 bits per heavy atom. The van der Waals surface area contributed by atoms with E-state index in [4.69, 9.17) is 0 Å². The van der Waals surface area contributed by atoms with Crippen molar-refractivity contribution >= 4 is 11.4 Å². The molecule has 1 nitrogen and oxygen atoms in total. The molecule has 0 atom stereocenters. The number of carbonyl (C=O) groups excluding carboxylic acids is 1. The average molecular weight is 276 g/mol. The average Bonchev–Trinajstić information content (AvgIpc) is 2.55. The highest BCUT2D eigenvalue weighted by Crippen LogP contribution is 2.19. The Kier molecular flexibility index (Phi) is 5.75. The first-order chi connectivity index (χ1) is 10.3. The van der Waals surface area contributed by atoms with Gasteiger partial charge in [-0.1, -0.05) is 74.0 Å². The van der Waals surface area contributed by atoms with Gasteiger partial charge in [-0.3, -0.25) is 4.79 Å². The molecule has 0 spiro atoms. The van der Waals surface area contributed by atoms with Gasteiger partial charge in [0.05, 0.1) is 0 Å². The van der Waals surface area contributed by atoms with E-state index in [-0.39, 0.29) is 5.78 Å². The standard InChI is InChI=1S/C20H20O/c1-2-3-6-15-19(17-11-7-4-8-12-17)16-20(21)18-13-9-5-10-14-18/h4-14H,2-3,16H2,1H3. The second-order valence-corrected chi connectivity index (χ2v) is 4.95. The summed E-state index contributed by atoms with van der Waals surface area (Å²) in [4.78, 5) is 12.4. The summed E-state index contributed by atoms with van der Waals surface area (Å²) < 4.78 is 0. The number of Topliss-reactive ketones (excluding diaryl/α,β-unsaturated/α-hetero) is 1. The molecule has 0 heterocycles. The molecule has 0 unspecified atom stereocenters. The van der Waals surface area contributed by atoms with Crippen LogP contribution in [-0.4, -0.2) is 5.78 Å². The van der Waals surface area contributed by atoms with Crippen LogP contribution in [-0.2, 0) is 0 Å². The molecule has 0 bridgehead atoms. The Labute approximate surface area is 126 Å². The maximum absolute atomic E-state index is 12.4. The maximum Gasteiger partial charge on any atom is 0.167 e. The van der Waals surface area contributed by atoms with Crippen LogP contribution in [0.2, 0.25) is 0 Å². The van der Waals surface area contributed by atoms with Crippen LogP contribution < -0.4 is 0 Å². The molecule has 0 fully saturated rings. The molecule has 2 aromatic rings. The summed E-state index contributed by atoms with van der Waals surface area (Å²) in [7, 11) is 0. The third-order valence-corrected chi connectivity index (χ3v) is 3.26. The lowest BCUT2D eigenvalue weighted by Gasteiger charge is -2.05. The van der Waals surface area contributed by atoms with Crippen LogP contribution in [0.5, 0.6) is 0 Å². The van der Waals surface area contributed by atoms with E-state index in [1.165, 1.54) is 0 Å². The number of ketones is 1. The Hall–Kier alpha value is -2.37. The van der Waals surface area contributed by atoms with Gasteiger partial charge in [0.1, 0.15) is 0 Å². The van der Waals surface area contributed by atoms with E-state index in [0.29, 0.717) is 6.42 Å². The van der Waals surface area contributed by atoms with Gasteiger partial charge < -0.3 is 0 Å². The number of benzene rings is 2. The molecule has 0 aromatic heterocycles. The highest BCUT2D eigenvalue weighted by atomic mass is 16.1. The second kappa shape index (κ2) is 8.04. The van der Waals surface area contributed by atoms with E-state index in [2.05, 4.69) is 12.7 Å². The van der Waals surface area contributed by atoms with Crippen molar-refractivity contribution < 1.29 is 4.79 Å². The van der Waals surface area contributed by atoms with Gasteiger partial charge in [0.15, 0.2) is 5.78 Å². The van der Waals surface area contributed by atoms with Crippen molar-refractivity contribution in [1.29, 1.82) is 0 Å². The Balaban J connectivity index is 2.25. The van der Waals surface area contributed by atoms with E-state index in [1.54, 1.807) is 0 Å². The summed E-state index contributed by atoms with van der Waals surface area (Å²) >= 11 is 0. The number of hydrogen-bond donors (Lipinski definition) is 0. The zero-order chi connectivity index (χ0) is 14.9. The Morgan fingerprint density at radius 3 is 2.10 bits per heavy atom. The molecule has 2 aromatic carbocycles. The fourth-order valence-corrected chi connectivity index (χ4v) is 2.10. The number of hydrogen-bond acceptors (Lipinski definition) is 1. The minimum Gasteiger partial charge on any atom is -0.294 e. The first-order valence-electron chi connectivity index (χ1n) is 7.39. The minimum atomic E-state index is 0.131. The van der Waals surface area contributed by atoms with E-state index in [0.717, 1.165) is 29.5 Å². The van der Waals surface area contributed by atoms with Crippen molar-refractivity contribution in [3.63, 3.8) is 0 Å². The molecule has 1 heteroatoms. The zero-order valence-corrected chi connectivity index (χ0v) is 12.4. The largest absolute Gasteiger partial charge is 0.294 e. The van der Waals surface area contributed by atoms with Crippen LogP contribution in [0.1, 0.15) is 42.1 Å². The quantitative estimate of drug-likeness (QED) is 0.517. The SMILES string of the molecule is CCCC=C=C(CC(=O)c1ccccc1)c1ccccc1. The van der Waals surface area contributed by atoms with Gasteiger partial charge in [0.25, 0.3) is 0 Å². The fourth-order valence-electron chi connectivity index (χ4n) is 2.10. The van der Waals surface area contributed by atoms with Gasteiger partial charge in [-0.15, -0.1) is 5.73 Å². The van der Waals surface area contributed by atoms with Crippen molar-refractivity contribution in [3.8, 4) is 0 Å². The van der Waals surface area contributed by atoms with E-state index in [1.807, 2.05) is 66.7 Å². The van der Waals surface area contributed by atoms with Crippen molar-refractivity contribution in [2.45, 2.75) is 26.2 Å². The van der Waals surface area contributed by atoms with Gasteiger partial charge in [0, 0.05) is 17.6 Å². The van der Waals surface area contributed by atoms with Crippen molar-refractivity contribution in [2.75, 3.05) is 0 Å². The number of allylic oxidation sites excluding steroid dienone is 1. The van der Waals surface area contributed by atoms with E-state index in [9.17, 15) is 4.79 Å². The van der Waals surface area contributed by atoms with Crippen LogP contribution >= 0.6 is 0 Å². The van der Waals surface area contributed by atoms with Gasteiger partial charge in [0.2, 0.25) is 0 Å². The molecule has 0 radical (unpaired) electrons. The maximum atomic E-state index is 12.4. The van der Waals surface area contributed by atoms with Crippen LogP contribution in [0.4, 0.5) is 0 Å². The summed E-state index contributed by atoms with van der Waals surface area (Å²) in [5.74, 6) is 0.131. The number of carbonyl (C=O) groups is 1. The molecule has 106 valence electrons. The molecule has 21 heavy (non-hydrogen) atoms. The van der Waals surface area contributed by atoms with Gasteiger partial charge in [-0.2, -0.15) is 0 Å². The van der Waals surface area contributed by atoms with Gasteiger partial charge in [-0.25, -0.2) is 0 Å². The smallest absolute Gasteiger partial charge is 0.167 e. The Morgan fingerprint density at radius 1 is 0.952 bits per heavy atom. The van der Waals surface area contributed by atoms with E-state index < -0.39 is 0 Å². The van der Waals surface area contributed by atoms with Crippen molar-refractivity contribution in [2.24, 2.45) is 0 Å². The third kappa shape index (κ3) is 4.59. The molecule has 0 saturated carbocycles. The second-order valence-electron chi connectivity index (χ2n) is 4.95. The highest BCUT2D eigenvalue weighted by Gasteiger charge is 2.09. The number of unbranched alkanes of at least 4 members (excludes halogenated alkanes) is 1.